The highest BCUT2D eigenvalue weighted by atomic mass is 32.1. The Balaban J connectivity index is 1.66. The minimum Gasteiger partial charge on any atom is -0.351 e. The molecule has 1 aliphatic carbocycles. The van der Waals surface area contributed by atoms with Crippen molar-refractivity contribution in [2.45, 2.75) is 51.6 Å². The molecular weight excluding hydrogens is 254 g/mol. The second kappa shape index (κ2) is 5.78. The van der Waals surface area contributed by atoms with E-state index in [9.17, 15) is 0 Å². The summed E-state index contributed by atoms with van der Waals surface area (Å²) in [6.45, 7) is 3.03. The first-order valence-corrected chi connectivity index (χ1v) is 7.96. The highest BCUT2D eigenvalue weighted by Gasteiger charge is 2.17. The summed E-state index contributed by atoms with van der Waals surface area (Å²) in [5.41, 5.74) is 0. The third kappa shape index (κ3) is 3.00. The van der Waals surface area contributed by atoms with Crippen LogP contribution in [0, 0.1) is 6.92 Å². The number of anilines is 1. The lowest BCUT2D eigenvalue weighted by molar-refractivity contribution is 0.356. The van der Waals surface area contributed by atoms with Gasteiger partial charge in [-0.1, -0.05) is 19.3 Å². The Morgan fingerprint density at radius 2 is 2.16 bits per heavy atom. The SMILES string of the molecule is Cc1ccc(CNc2nccn2C2CCCCC2)s1. The van der Waals surface area contributed by atoms with E-state index in [-0.39, 0.29) is 0 Å². The molecule has 1 N–H and O–H groups in total. The van der Waals surface area contributed by atoms with E-state index in [4.69, 9.17) is 0 Å². The molecule has 0 saturated heterocycles. The predicted molar refractivity (Wildman–Crippen MR) is 80.7 cm³/mol. The number of nitrogens with zero attached hydrogens (tertiary/aromatic N) is 2. The molecule has 3 nitrogen and oxygen atoms in total. The molecule has 1 fully saturated rings. The van der Waals surface area contributed by atoms with Crippen molar-refractivity contribution in [2.24, 2.45) is 0 Å². The van der Waals surface area contributed by atoms with Crippen LogP contribution in [0.2, 0.25) is 0 Å². The molecule has 1 aliphatic rings. The number of imidazole rings is 1. The van der Waals surface area contributed by atoms with Crippen molar-refractivity contribution in [3.05, 3.63) is 34.3 Å². The van der Waals surface area contributed by atoms with E-state index in [1.807, 2.05) is 17.5 Å². The minimum absolute atomic E-state index is 0.642. The van der Waals surface area contributed by atoms with E-state index >= 15 is 0 Å². The van der Waals surface area contributed by atoms with E-state index < -0.39 is 0 Å². The zero-order chi connectivity index (χ0) is 13.1. The lowest BCUT2D eigenvalue weighted by atomic mass is 9.95. The number of rotatable bonds is 4. The summed E-state index contributed by atoms with van der Waals surface area (Å²) in [4.78, 5) is 7.21. The number of aryl methyl sites for hydroxylation is 1. The highest BCUT2D eigenvalue weighted by Crippen LogP contribution is 2.30. The van der Waals surface area contributed by atoms with Gasteiger partial charge in [0.1, 0.15) is 0 Å². The lowest BCUT2D eigenvalue weighted by Gasteiger charge is -2.24. The van der Waals surface area contributed by atoms with Gasteiger partial charge in [-0.2, -0.15) is 0 Å². The third-order valence-corrected chi connectivity index (χ3v) is 4.85. The van der Waals surface area contributed by atoms with E-state index in [0.29, 0.717) is 6.04 Å². The molecule has 2 aromatic rings. The average molecular weight is 275 g/mol. The van der Waals surface area contributed by atoms with Crippen molar-refractivity contribution in [3.8, 4) is 0 Å². The third-order valence-electron chi connectivity index (χ3n) is 3.85. The normalized spacial score (nSPS) is 16.7. The molecule has 0 radical (unpaired) electrons. The van der Waals surface area contributed by atoms with Crippen LogP contribution in [0.1, 0.15) is 47.9 Å². The van der Waals surface area contributed by atoms with Gasteiger partial charge >= 0.3 is 0 Å². The van der Waals surface area contributed by atoms with Crippen LogP contribution in [-0.2, 0) is 6.54 Å². The number of nitrogens with one attached hydrogen (secondary N) is 1. The standard InChI is InChI=1S/C15H21N3S/c1-12-7-8-14(19-12)11-17-15-16-9-10-18(15)13-5-3-2-4-6-13/h7-10,13H,2-6,11H2,1H3,(H,16,17). The summed E-state index contributed by atoms with van der Waals surface area (Å²) >= 11 is 1.85. The first kappa shape index (κ1) is 12.7. The van der Waals surface area contributed by atoms with Crippen molar-refractivity contribution in [1.82, 2.24) is 9.55 Å². The van der Waals surface area contributed by atoms with Gasteiger partial charge in [0.15, 0.2) is 0 Å². The van der Waals surface area contributed by atoms with Crippen molar-refractivity contribution >= 4 is 17.3 Å². The molecule has 4 heteroatoms. The van der Waals surface area contributed by atoms with Gasteiger partial charge in [0.25, 0.3) is 0 Å². The minimum atomic E-state index is 0.642. The molecule has 0 bridgehead atoms. The smallest absolute Gasteiger partial charge is 0.203 e. The molecule has 0 unspecified atom stereocenters. The van der Waals surface area contributed by atoms with Crippen LogP contribution < -0.4 is 5.32 Å². The zero-order valence-corrected chi connectivity index (χ0v) is 12.2. The van der Waals surface area contributed by atoms with E-state index in [1.165, 1.54) is 41.9 Å². The average Bonchev–Trinajstić information content (AvgIpc) is 3.06. The van der Waals surface area contributed by atoms with Crippen molar-refractivity contribution in [1.29, 1.82) is 0 Å². The molecule has 0 aliphatic heterocycles. The van der Waals surface area contributed by atoms with Crippen LogP contribution in [0.4, 0.5) is 5.95 Å². The molecule has 0 spiro atoms. The molecule has 102 valence electrons. The second-order valence-electron chi connectivity index (χ2n) is 5.32. The second-order valence-corrected chi connectivity index (χ2v) is 6.69. The molecule has 2 heterocycles. The van der Waals surface area contributed by atoms with Gasteiger partial charge in [-0.05, 0) is 31.9 Å². The molecule has 19 heavy (non-hydrogen) atoms. The predicted octanol–water partition coefficient (Wildman–Crippen LogP) is 4.37. The fourth-order valence-corrected chi connectivity index (χ4v) is 3.68. The maximum Gasteiger partial charge on any atom is 0.203 e. The van der Waals surface area contributed by atoms with Crippen molar-refractivity contribution in [3.63, 3.8) is 0 Å². The van der Waals surface area contributed by atoms with E-state index in [0.717, 1.165) is 12.5 Å². The van der Waals surface area contributed by atoms with Crippen LogP contribution in [0.15, 0.2) is 24.5 Å². The first-order valence-electron chi connectivity index (χ1n) is 7.15. The van der Waals surface area contributed by atoms with Gasteiger partial charge < -0.3 is 9.88 Å². The summed E-state index contributed by atoms with van der Waals surface area (Å²) in [6, 6.07) is 5.01. The molecular formula is C15H21N3S. The van der Waals surface area contributed by atoms with Crippen LogP contribution >= 0.6 is 11.3 Å². The quantitative estimate of drug-likeness (QED) is 0.898. The highest BCUT2D eigenvalue weighted by molar-refractivity contribution is 7.11. The summed E-state index contributed by atoms with van der Waals surface area (Å²) in [5.74, 6) is 1.03. The van der Waals surface area contributed by atoms with Crippen molar-refractivity contribution in [2.75, 3.05) is 5.32 Å². The van der Waals surface area contributed by atoms with Gasteiger partial charge in [-0.3, -0.25) is 0 Å². The Labute approximate surface area is 118 Å². The number of hydrogen-bond donors (Lipinski definition) is 1. The Hall–Kier alpha value is -1.29. The van der Waals surface area contributed by atoms with Crippen LogP contribution in [0.5, 0.6) is 0 Å². The fourth-order valence-electron chi connectivity index (χ4n) is 2.85. The molecule has 2 aromatic heterocycles. The van der Waals surface area contributed by atoms with E-state index in [1.54, 1.807) is 0 Å². The summed E-state index contributed by atoms with van der Waals surface area (Å²) in [5, 5.41) is 3.48. The maximum absolute atomic E-state index is 4.47. The van der Waals surface area contributed by atoms with Gasteiger partial charge in [0, 0.05) is 28.2 Å². The molecule has 3 rings (SSSR count). The van der Waals surface area contributed by atoms with Gasteiger partial charge in [-0.15, -0.1) is 11.3 Å². The number of hydrogen-bond acceptors (Lipinski definition) is 3. The largest absolute Gasteiger partial charge is 0.351 e. The van der Waals surface area contributed by atoms with Crippen molar-refractivity contribution < 1.29 is 0 Å². The molecule has 0 aromatic carbocycles. The van der Waals surface area contributed by atoms with Gasteiger partial charge in [-0.25, -0.2) is 4.98 Å². The van der Waals surface area contributed by atoms with E-state index in [2.05, 4.69) is 40.1 Å². The van der Waals surface area contributed by atoms with Gasteiger partial charge in [0.05, 0.1) is 6.54 Å². The zero-order valence-electron chi connectivity index (χ0n) is 11.4. The Morgan fingerprint density at radius 3 is 2.89 bits per heavy atom. The monoisotopic (exact) mass is 275 g/mol. The molecule has 0 amide bonds. The molecule has 0 atom stereocenters. The topological polar surface area (TPSA) is 29.9 Å². The summed E-state index contributed by atoms with van der Waals surface area (Å²) in [7, 11) is 0. The summed E-state index contributed by atoms with van der Waals surface area (Å²) < 4.78 is 2.33. The Morgan fingerprint density at radius 1 is 1.32 bits per heavy atom. The fraction of sp³-hybridized carbons (Fsp3) is 0.533. The Bertz CT molecular complexity index is 523. The number of thiophene rings is 1. The molecule has 1 saturated carbocycles. The van der Waals surface area contributed by atoms with Crippen LogP contribution in [0.3, 0.4) is 0 Å². The first-order chi connectivity index (χ1) is 9.33. The maximum atomic E-state index is 4.47. The Kier molecular flexibility index (Phi) is 3.87. The number of aromatic nitrogens is 2. The van der Waals surface area contributed by atoms with Crippen LogP contribution in [-0.4, -0.2) is 9.55 Å². The summed E-state index contributed by atoms with van der Waals surface area (Å²) in [6.07, 6.45) is 10.7. The van der Waals surface area contributed by atoms with Crippen LogP contribution in [0.25, 0.3) is 0 Å². The lowest BCUT2D eigenvalue weighted by Crippen LogP contribution is -2.15. The van der Waals surface area contributed by atoms with Gasteiger partial charge in [0.2, 0.25) is 5.95 Å².